The van der Waals surface area contributed by atoms with Crippen molar-refractivity contribution in [2.45, 2.75) is 32.2 Å². The second-order valence-corrected chi connectivity index (χ2v) is 5.26. The minimum Gasteiger partial charge on any atom is -0.484 e. The molecule has 0 bridgehead atoms. The van der Waals surface area contributed by atoms with Gasteiger partial charge in [0.15, 0.2) is 6.61 Å². The van der Waals surface area contributed by atoms with Gasteiger partial charge in [-0.1, -0.05) is 41.8 Å². The normalized spacial score (nSPS) is 11.7. The van der Waals surface area contributed by atoms with Crippen molar-refractivity contribution in [3.8, 4) is 5.75 Å². The number of benzene rings is 1. The Morgan fingerprint density at radius 3 is 2.80 bits per heavy atom. The first-order valence-corrected chi connectivity index (χ1v) is 7.22. The number of hydrogen-bond donors (Lipinski definition) is 2. The van der Waals surface area contributed by atoms with Crippen LogP contribution in [0.25, 0.3) is 0 Å². The molecule has 1 unspecified atom stereocenters. The van der Waals surface area contributed by atoms with Crippen molar-refractivity contribution in [1.29, 1.82) is 0 Å². The molecule has 0 aliphatic rings. The molecule has 0 aliphatic heterocycles. The summed E-state index contributed by atoms with van der Waals surface area (Å²) in [7, 11) is 0. The Morgan fingerprint density at radius 2 is 2.20 bits per heavy atom. The van der Waals surface area contributed by atoms with Crippen molar-refractivity contribution in [2.75, 3.05) is 6.61 Å². The molecule has 1 aromatic carbocycles. The van der Waals surface area contributed by atoms with E-state index in [1.54, 1.807) is 18.2 Å². The zero-order chi connectivity index (χ0) is 15.0. The molecule has 0 saturated carbocycles. The van der Waals surface area contributed by atoms with Gasteiger partial charge in [-0.3, -0.25) is 4.79 Å². The second kappa shape index (κ2) is 8.58. The number of nitrogens with one attached hydrogen (secondary N) is 1. The lowest BCUT2D eigenvalue weighted by atomic mass is 10.1. The molecule has 1 rings (SSSR count). The van der Waals surface area contributed by atoms with Crippen molar-refractivity contribution >= 4 is 27.8 Å². The van der Waals surface area contributed by atoms with Gasteiger partial charge in [0.05, 0.1) is 0 Å². The molecular formula is C14H18BrNO4. The van der Waals surface area contributed by atoms with Crippen LogP contribution in [0.4, 0.5) is 0 Å². The fourth-order valence-corrected chi connectivity index (χ4v) is 1.99. The molecule has 0 aliphatic carbocycles. The van der Waals surface area contributed by atoms with E-state index in [-0.39, 0.29) is 6.61 Å². The number of aliphatic carboxylic acids is 1. The summed E-state index contributed by atoms with van der Waals surface area (Å²) >= 11 is 3.30. The summed E-state index contributed by atoms with van der Waals surface area (Å²) in [5.74, 6) is -0.905. The van der Waals surface area contributed by atoms with Gasteiger partial charge in [0.2, 0.25) is 0 Å². The van der Waals surface area contributed by atoms with Crippen molar-refractivity contribution in [2.24, 2.45) is 0 Å². The predicted molar refractivity (Wildman–Crippen MR) is 78.7 cm³/mol. The molecule has 5 nitrogen and oxygen atoms in total. The van der Waals surface area contributed by atoms with E-state index in [0.717, 1.165) is 17.3 Å². The van der Waals surface area contributed by atoms with Crippen LogP contribution < -0.4 is 10.1 Å². The van der Waals surface area contributed by atoms with E-state index in [0.29, 0.717) is 12.2 Å². The number of ether oxygens (including phenoxy) is 1. The zero-order valence-electron chi connectivity index (χ0n) is 11.3. The van der Waals surface area contributed by atoms with Crippen molar-refractivity contribution < 1.29 is 19.4 Å². The maximum Gasteiger partial charge on any atom is 0.326 e. The van der Waals surface area contributed by atoms with E-state index < -0.39 is 17.9 Å². The highest BCUT2D eigenvalue weighted by atomic mass is 79.9. The maximum absolute atomic E-state index is 11.7. The number of amides is 1. The molecule has 0 heterocycles. The third-order valence-electron chi connectivity index (χ3n) is 2.65. The Balaban J connectivity index is 2.43. The van der Waals surface area contributed by atoms with Crippen LogP contribution in [0.3, 0.4) is 0 Å². The van der Waals surface area contributed by atoms with E-state index in [2.05, 4.69) is 21.2 Å². The zero-order valence-corrected chi connectivity index (χ0v) is 12.9. The van der Waals surface area contributed by atoms with Crippen LogP contribution in [0.1, 0.15) is 26.2 Å². The van der Waals surface area contributed by atoms with Crippen LogP contribution in [0, 0.1) is 0 Å². The summed E-state index contributed by atoms with van der Waals surface area (Å²) in [5.41, 5.74) is 0. The molecule has 110 valence electrons. The Hall–Kier alpha value is -1.56. The quantitative estimate of drug-likeness (QED) is 0.760. The average molecular weight is 344 g/mol. The summed E-state index contributed by atoms with van der Waals surface area (Å²) in [6, 6.07) is 6.24. The summed E-state index contributed by atoms with van der Waals surface area (Å²) in [6.45, 7) is 1.77. The van der Waals surface area contributed by atoms with E-state index in [1.807, 2.05) is 13.0 Å². The van der Waals surface area contributed by atoms with Gasteiger partial charge in [-0.25, -0.2) is 4.79 Å². The summed E-state index contributed by atoms with van der Waals surface area (Å²) < 4.78 is 6.15. The first-order valence-electron chi connectivity index (χ1n) is 6.43. The Kier molecular flexibility index (Phi) is 7.08. The van der Waals surface area contributed by atoms with Crippen LogP contribution in [0.15, 0.2) is 28.7 Å². The molecule has 20 heavy (non-hydrogen) atoms. The standard InChI is InChI=1S/C14H18BrNO4/c1-2-3-7-12(14(18)19)16-13(17)9-20-11-6-4-5-10(15)8-11/h4-6,8,12H,2-3,7,9H2,1H3,(H,16,17)(H,18,19). The molecule has 1 aromatic rings. The minimum atomic E-state index is -1.02. The molecule has 2 N–H and O–H groups in total. The third-order valence-corrected chi connectivity index (χ3v) is 3.14. The third kappa shape index (κ3) is 6.06. The Bertz CT molecular complexity index is 464. The Labute approximate surface area is 126 Å². The number of carboxylic acids is 1. The van der Waals surface area contributed by atoms with Gasteiger partial charge >= 0.3 is 5.97 Å². The molecule has 0 saturated heterocycles. The number of carbonyl (C=O) groups is 2. The van der Waals surface area contributed by atoms with Crippen molar-refractivity contribution in [3.63, 3.8) is 0 Å². The smallest absolute Gasteiger partial charge is 0.326 e. The van der Waals surface area contributed by atoms with E-state index in [1.165, 1.54) is 0 Å². The molecule has 0 aromatic heterocycles. The number of rotatable bonds is 8. The van der Waals surface area contributed by atoms with E-state index >= 15 is 0 Å². The lowest BCUT2D eigenvalue weighted by molar-refractivity contribution is -0.142. The highest BCUT2D eigenvalue weighted by Crippen LogP contribution is 2.17. The largest absolute Gasteiger partial charge is 0.484 e. The summed E-state index contributed by atoms with van der Waals surface area (Å²) in [5, 5.41) is 11.5. The fraction of sp³-hybridized carbons (Fsp3) is 0.429. The summed E-state index contributed by atoms with van der Waals surface area (Å²) in [4.78, 5) is 22.7. The van der Waals surface area contributed by atoms with Crippen LogP contribution in [-0.4, -0.2) is 29.6 Å². The number of unbranched alkanes of at least 4 members (excludes halogenated alkanes) is 1. The first kappa shape index (κ1) is 16.5. The van der Waals surface area contributed by atoms with Gasteiger partial charge in [-0.05, 0) is 24.6 Å². The number of carboxylic acid groups (broad SMARTS) is 1. The maximum atomic E-state index is 11.7. The van der Waals surface area contributed by atoms with Crippen LogP contribution in [0.2, 0.25) is 0 Å². The van der Waals surface area contributed by atoms with Gasteiger partial charge in [0.1, 0.15) is 11.8 Å². The number of hydrogen-bond acceptors (Lipinski definition) is 3. The van der Waals surface area contributed by atoms with Crippen LogP contribution in [0.5, 0.6) is 5.75 Å². The molecular weight excluding hydrogens is 326 g/mol. The monoisotopic (exact) mass is 343 g/mol. The lowest BCUT2D eigenvalue weighted by Gasteiger charge is -2.14. The van der Waals surface area contributed by atoms with Gasteiger partial charge in [0.25, 0.3) is 5.91 Å². The lowest BCUT2D eigenvalue weighted by Crippen LogP contribution is -2.42. The van der Waals surface area contributed by atoms with Gasteiger partial charge < -0.3 is 15.2 Å². The topological polar surface area (TPSA) is 75.6 Å². The first-order chi connectivity index (χ1) is 9.52. The van der Waals surface area contributed by atoms with Gasteiger partial charge in [0, 0.05) is 4.47 Å². The highest BCUT2D eigenvalue weighted by Gasteiger charge is 2.19. The second-order valence-electron chi connectivity index (χ2n) is 4.35. The summed E-state index contributed by atoms with van der Waals surface area (Å²) in [6.07, 6.45) is 2.06. The SMILES string of the molecule is CCCCC(NC(=O)COc1cccc(Br)c1)C(=O)O. The molecule has 0 spiro atoms. The fourth-order valence-electron chi connectivity index (χ4n) is 1.61. The Morgan fingerprint density at radius 1 is 1.45 bits per heavy atom. The van der Waals surface area contributed by atoms with E-state index in [4.69, 9.17) is 9.84 Å². The van der Waals surface area contributed by atoms with Crippen molar-refractivity contribution in [1.82, 2.24) is 5.32 Å². The van der Waals surface area contributed by atoms with E-state index in [9.17, 15) is 9.59 Å². The van der Waals surface area contributed by atoms with Crippen LogP contribution >= 0.6 is 15.9 Å². The molecule has 0 fully saturated rings. The number of carbonyl (C=O) groups excluding carboxylic acids is 1. The molecule has 1 amide bonds. The minimum absolute atomic E-state index is 0.202. The molecule has 1 atom stereocenters. The molecule has 6 heteroatoms. The predicted octanol–water partition coefficient (Wildman–Crippen LogP) is 2.59. The van der Waals surface area contributed by atoms with Gasteiger partial charge in [-0.15, -0.1) is 0 Å². The number of halogens is 1. The van der Waals surface area contributed by atoms with Gasteiger partial charge in [-0.2, -0.15) is 0 Å². The molecule has 0 radical (unpaired) electrons. The van der Waals surface area contributed by atoms with Crippen molar-refractivity contribution in [3.05, 3.63) is 28.7 Å². The average Bonchev–Trinajstić information content (AvgIpc) is 2.41. The van der Waals surface area contributed by atoms with Crippen LogP contribution in [-0.2, 0) is 9.59 Å². The highest BCUT2D eigenvalue weighted by molar-refractivity contribution is 9.10.